The van der Waals surface area contributed by atoms with E-state index in [-0.39, 0.29) is 6.10 Å². The molecule has 0 aliphatic carbocycles. The van der Waals surface area contributed by atoms with E-state index in [4.69, 9.17) is 10.5 Å². The van der Waals surface area contributed by atoms with Gasteiger partial charge in [0.05, 0.1) is 0 Å². The summed E-state index contributed by atoms with van der Waals surface area (Å²) in [6.45, 7) is 4.67. The van der Waals surface area contributed by atoms with E-state index in [2.05, 4.69) is 31.2 Å². The van der Waals surface area contributed by atoms with E-state index in [1.165, 1.54) is 5.56 Å². The minimum atomic E-state index is -0.0907. The lowest BCUT2D eigenvalue weighted by Gasteiger charge is -2.19. The Labute approximate surface area is 115 Å². The van der Waals surface area contributed by atoms with Crippen molar-refractivity contribution in [3.05, 3.63) is 65.2 Å². The van der Waals surface area contributed by atoms with Gasteiger partial charge in [-0.25, -0.2) is 0 Å². The van der Waals surface area contributed by atoms with Gasteiger partial charge in [0.1, 0.15) is 11.9 Å². The van der Waals surface area contributed by atoms with Crippen LogP contribution in [0.3, 0.4) is 0 Å². The first-order valence-electron chi connectivity index (χ1n) is 6.75. The maximum atomic E-state index is 6.03. The summed E-state index contributed by atoms with van der Waals surface area (Å²) < 4.78 is 6.03. The first-order chi connectivity index (χ1) is 9.24. The van der Waals surface area contributed by atoms with Crippen molar-refractivity contribution in [2.75, 3.05) is 6.54 Å². The number of ether oxygens (including phenoxy) is 1. The van der Waals surface area contributed by atoms with E-state index in [9.17, 15) is 0 Å². The SMILES string of the molecule is CCc1ccc(C(CN)Oc2ccccc2C)cc1. The standard InChI is InChI=1S/C17H21NO/c1-3-14-8-10-15(11-9-14)17(12-18)19-16-7-5-4-6-13(16)2/h4-11,17H,3,12,18H2,1-2H3. The monoisotopic (exact) mass is 255 g/mol. The zero-order valence-corrected chi connectivity index (χ0v) is 11.6. The fraction of sp³-hybridized carbons (Fsp3) is 0.294. The van der Waals surface area contributed by atoms with Gasteiger partial charge < -0.3 is 10.5 Å². The molecule has 1 unspecified atom stereocenters. The molecule has 2 nitrogen and oxygen atoms in total. The van der Waals surface area contributed by atoms with Crippen LogP contribution in [0.1, 0.15) is 29.7 Å². The smallest absolute Gasteiger partial charge is 0.136 e. The number of para-hydroxylation sites is 1. The Kier molecular flexibility index (Phi) is 4.58. The van der Waals surface area contributed by atoms with Crippen molar-refractivity contribution >= 4 is 0 Å². The lowest BCUT2D eigenvalue weighted by molar-refractivity contribution is 0.213. The highest BCUT2D eigenvalue weighted by Gasteiger charge is 2.12. The van der Waals surface area contributed by atoms with Gasteiger partial charge in [0.15, 0.2) is 0 Å². The molecule has 2 heteroatoms. The highest BCUT2D eigenvalue weighted by Crippen LogP contribution is 2.24. The Morgan fingerprint density at radius 1 is 1.05 bits per heavy atom. The fourth-order valence-corrected chi connectivity index (χ4v) is 2.06. The normalized spacial score (nSPS) is 12.2. The third-order valence-electron chi connectivity index (χ3n) is 3.34. The topological polar surface area (TPSA) is 35.2 Å². The molecule has 0 fully saturated rings. The molecule has 0 saturated carbocycles. The molecule has 100 valence electrons. The maximum Gasteiger partial charge on any atom is 0.136 e. The zero-order valence-electron chi connectivity index (χ0n) is 11.6. The Bertz CT molecular complexity index is 519. The van der Waals surface area contributed by atoms with Gasteiger partial charge in [-0.1, -0.05) is 49.4 Å². The number of nitrogens with two attached hydrogens (primary N) is 1. The van der Waals surface area contributed by atoms with E-state index in [0.29, 0.717) is 6.54 Å². The summed E-state index contributed by atoms with van der Waals surface area (Å²) >= 11 is 0. The molecule has 1 atom stereocenters. The van der Waals surface area contributed by atoms with Crippen molar-refractivity contribution in [2.24, 2.45) is 5.73 Å². The second-order valence-corrected chi connectivity index (χ2v) is 4.70. The third-order valence-corrected chi connectivity index (χ3v) is 3.34. The van der Waals surface area contributed by atoms with Crippen LogP contribution in [0.4, 0.5) is 0 Å². The largest absolute Gasteiger partial charge is 0.484 e. The van der Waals surface area contributed by atoms with E-state index in [1.807, 2.05) is 31.2 Å². The molecule has 0 aliphatic rings. The van der Waals surface area contributed by atoms with Crippen molar-refractivity contribution in [3.8, 4) is 5.75 Å². The van der Waals surface area contributed by atoms with Crippen LogP contribution in [-0.4, -0.2) is 6.54 Å². The van der Waals surface area contributed by atoms with Crippen molar-refractivity contribution < 1.29 is 4.74 Å². The van der Waals surface area contributed by atoms with Gasteiger partial charge in [-0.2, -0.15) is 0 Å². The molecule has 0 bridgehead atoms. The molecule has 0 saturated heterocycles. The van der Waals surface area contributed by atoms with Crippen LogP contribution in [0.2, 0.25) is 0 Å². The summed E-state index contributed by atoms with van der Waals surface area (Å²) in [6, 6.07) is 16.5. The molecule has 19 heavy (non-hydrogen) atoms. The lowest BCUT2D eigenvalue weighted by atomic mass is 10.1. The van der Waals surface area contributed by atoms with Crippen LogP contribution in [0.5, 0.6) is 5.75 Å². The molecule has 0 heterocycles. The predicted octanol–water partition coefficient (Wildman–Crippen LogP) is 3.64. The Hall–Kier alpha value is -1.80. The van der Waals surface area contributed by atoms with Crippen LogP contribution < -0.4 is 10.5 Å². The van der Waals surface area contributed by atoms with Gasteiger partial charge in [-0.05, 0) is 36.1 Å². The van der Waals surface area contributed by atoms with Gasteiger partial charge in [0.25, 0.3) is 0 Å². The van der Waals surface area contributed by atoms with Crippen LogP contribution in [0, 0.1) is 6.92 Å². The molecule has 0 amide bonds. The van der Waals surface area contributed by atoms with E-state index >= 15 is 0 Å². The van der Waals surface area contributed by atoms with E-state index in [0.717, 1.165) is 23.3 Å². The number of aryl methyl sites for hydroxylation is 2. The summed E-state index contributed by atoms with van der Waals surface area (Å²) in [4.78, 5) is 0. The molecule has 2 aromatic carbocycles. The number of benzene rings is 2. The summed E-state index contributed by atoms with van der Waals surface area (Å²) in [6.07, 6.45) is 0.957. The number of rotatable bonds is 5. The van der Waals surface area contributed by atoms with Crippen LogP contribution in [0.25, 0.3) is 0 Å². The molecule has 2 rings (SSSR count). The van der Waals surface area contributed by atoms with Gasteiger partial charge in [0.2, 0.25) is 0 Å². The minimum Gasteiger partial charge on any atom is -0.484 e. The van der Waals surface area contributed by atoms with Gasteiger partial charge >= 0.3 is 0 Å². The molecule has 0 spiro atoms. The second kappa shape index (κ2) is 6.39. The maximum absolute atomic E-state index is 6.03. The summed E-state index contributed by atoms with van der Waals surface area (Å²) in [5.41, 5.74) is 9.44. The average Bonchev–Trinajstić information content (AvgIpc) is 2.47. The Morgan fingerprint density at radius 3 is 2.32 bits per heavy atom. The van der Waals surface area contributed by atoms with Crippen LogP contribution in [-0.2, 0) is 6.42 Å². The molecule has 0 aromatic heterocycles. The predicted molar refractivity (Wildman–Crippen MR) is 79.4 cm³/mol. The molecular weight excluding hydrogens is 234 g/mol. The fourth-order valence-electron chi connectivity index (χ4n) is 2.06. The number of hydrogen-bond acceptors (Lipinski definition) is 2. The van der Waals surface area contributed by atoms with E-state index < -0.39 is 0 Å². The Balaban J connectivity index is 2.17. The van der Waals surface area contributed by atoms with Crippen LogP contribution in [0.15, 0.2) is 48.5 Å². The molecule has 2 aromatic rings. The van der Waals surface area contributed by atoms with E-state index in [1.54, 1.807) is 0 Å². The van der Waals surface area contributed by atoms with Gasteiger partial charge in [-0.3, -0.25) is 0 Å². The highest BCUT2D eigenvalue weighted by molar-refractivity contribution is 5.33. The second-order valence-electron chi connectivity index (χ2n) is 4.70. The van der Waals surface area contributed by atoms with Crippen molar-refractivity contribution in [3.63, 3.8) is 0 Å². The summed E-state index contributed by atoms with van der Waals surface area (Å²) in [7, 11) is 0. The molecule has 0 radical (unpaired) electrons. The molecular formula is C17H21NO. The highest BCUT2D eigenvalue weighted by atomic mass is 16.5. The van der Waals surface area contributed by atoms with Crippen molar-refractivity contribution in [1.29, 1.82) is 0 Å². The van der Waals surface area contributed by atoms with Gasteiger partial charge in [0, 0.05) is 6.54 Å². The summed E-state index contributed by atoms with van der Waals surface area (Å²) in [5, 5.41) is 0. The van der Waals surface area contributed by atoms with Gasteiger partial charge in [-0.15, -0.1) is 0 Å². The first-order valence-corrected chi connectivity index (χ1v) is 6.75. The average molecular weight is 255 g/mol. The molecule has 2 N–H and O–H groups in total. The Morgan fingerprint density at radius 2 is 1.74 bits per heavy atom. The lowest BCUT2D eigenvalue weighted by Crippen LogP contribution is -2.18. The van der Waals surface area contributed by atoms with Crippen LogP contribution >= 0.6 is 0 Å². The summed E-state index contributed by atoms with van der Waals surface area (Å²) in [5.74, 6) is 0.900. The van der Waals surface area contributed by atoms with Crippen molar-refractivity contribution in [2.45, 2.75) is 26.4 Å². The quantitative estimate of drug-likeness (QED) is 0.885. The number of hydrogen-bond donors (Lipinski definition) is 1. The third kappa shape index (κ3) is 3.36. The first kappa shape index (κ1) is 13.6. The zero-order chi connectivity index (χ0) is 13.7. The minimum absolute atomic E-state index is 0.0907. The van der Waals surface area contributed by atoms with Crippen molar-refractivity contribution in [1.82, 2.24) is 0 Å². The molecule has 0 aliphatic heterocycles.